The topological polar surface area (TPSA) is 97.1 Å². The Hall–Kier alpha value is -2.94. The van der Waals surface area contributed by atoms with Crippen molar-refractivity contribution in [3.63, 3.8) is 0 Å². The molecule has 1 aromatic carbocycles. The van der Waals surface area contributed by atoms with E-state index in [9.17, 15) is 4.79 Å². The molecular formula is C12H9N5O. The molecule has 1 aromatic heterocycles. The van der Waals surface area contributed by atoms with Crippen molar-refractivity contribution in [2.75, 3.05) is 0 Å². The molecule has 88 valence electrons. The second-order valence-corrected chi connectivity index (χ2v) is 3.42. The highest BCUT2D eigenvalue weighted by molar-refractivity contribution is 5.66. The molecular weight excluding hydrogens is 230 g/mol. The molecule has 0 bridgehead atoms. The van der Waals surface area contributed by atoms with Crippen molar-refractivity contribution in [1.29, 1.82) is 5.26 Å². The molecule has 2 aromatic rings. The van der Waals surface area contributed by atoms with Gasteiger partial charge >= 0.3 is 5.69 Å². The van der Waals surface area contributed by atoms with Crippen LogP contribution in [-0.4, -0.2) is 15.9 Å². The van der Waals surface area contributed by atoms with Crippen LogP contribution in [0.15, 0.2) is 46.4 Å². The van der Waals surface area contributed by atoms with E-state index in [1.807, 2.05) is 12.1 Å². The molecule has 0 saturated heterocycles. The van der Waals surface area contributed by atoms with E-state index >= 15 is 0 Å². The first-order chi connectivity index (χ1) is 8.74. The van der Waals surface area contributed by atoms with Crippen LogP contribution >= 0.6 is 0 Å². The molecule has 2 N–H and O–H groups in total. The normalized spacial score (nSPS) is 10.4. The van der Waals surface area contributed by atoms with Gasteiger partial charge in [-0.25, -0.2) is 19.3 Å². The van der Waals surface area contributed by atoms with Crippen LogP contribution in [0.4, 0.5) is 5.69 Å². The molecule has 2 rings (SSSR count). The molecule has 6 heteroatoms. The zero-order valence-electron chi connectivity index (χ0n) is 9.32. The van der Waals surface area contributed by atoms with Gasteiger partial charge in [-0.1, -0.05) is 12.1 Å². The maximum absolute atomic E-state index is 11.2. The van der Waals surface area contributed by atoms with Crippen molar-refractivity contribution < 1.29 is 0 Å². The minimum atomic E-state index is -0.592. The highest BCUT2D eigenvalue weighted by atomic mass is 16.1. The van der Waals surface area contributed by atoms with Gasteiger partial charge < -0.3 is 5.73 Å². The fraction of sp³-hybridized carbons (Fsp3) is 0. The van der Waals surface area contributed by atoms with Gasteiger partial charge in [0.15, 0.2) is 6.19 Å². The minimum Gasteiger partial charge on any atom is -0.390 e. The Morgan fingerprint density at radius 1 is 1.33 bits per heavy atom. The summed E-state index contributed by atoms with van der Waals surface area (Å²) in [7, 11) is 0. The molecule has 1 heterocycles. The summed E-state index contributed by atoms with van der Waals surface area (Å²) >= 11 is 0. The predicted molar refractivity (Wildman–Crippen MR) is 67.3 cm³/mol. The summed E-state index contributed by atoms with van der Waals surface area (Å²) < 4.78 is 0.876. The van der Waals surface area contributed by atoms with E-state index in [0.717, 1.165) is 15.8 Å². The number of aromatic nitrogens is 2. The SMILES string of the molecule is N#Cn1cc(-c2ccc(N=CN)cc2)cnc1=O. The summed E-state index contributed by atoms with van der Waals surface area (Å²) in [5.41, 5.74) is 6.84. The van der Waals surface area contributed by atoms with Crippen molar-refractivity contribution in [3.8, 4) is 17.3 Å². The van der Waals surface area contributed by atoms with Gasteiger partial charge in [0, 0.05) is 18.0 Å². The van der Waals surface area contributed by atoms with Gasteiger partial charge in [0.05, 0.1) is 12.0 Å². The van der Waals surface area contributed by atoms with E-state index in [1.54, 1.807) is 18.3 Å². The van der Waals surface area contributed by atoms with Crippen molar-refractivity contribution in [1.82, 2.24) is 9.55 Å². The lowest BCUT2D eigenvalue weighted by molar-refractivity contribution is 0.932. The van der Waals surface area contributed by atoms with Crippen molar-refractivity contribution >= 4 is 12.0 Å². The van der Waals surface area contributed by atoms with Gasteiger partial charge in [0.25, 0.3) is 0 Å². The summed E-state index contributed by atoms with van der Waals surface area (Å²) in [6.07, 6.45) is 5.82. The van der Waals surface area contributed by atoms with Gasteiger partial charge in [-0.05, 0) is 17.7 Å². The fourth-order valence-corrected chi connectivity index (χ4v) is 1.46. The third kappa shape index (κ3) is 2.25. The minimum absolute atomic E-state index is 0.592. The fourth-order valence-electron chi connectivity index (χ4n) is 1.46. The molecule has 0 fully saturated rings. The van der Waals surface area contributed by atoms with Gasteiger partial charge in [-0.2, -0.15) is 5.26 Å². The summed E-state index contributed by atoms with van der Waals surface area (Å²) in [5.74, 6) is 0. The van der Waals surface area contributed by atoms with Gasteiger partial charge in [-0.15, -0.1) is 0 Å². The number of benzene rings is 1. The molecule has 0 unspecified atom stereocenters. The maximum Gasteiger partial charge on any atom is 0.360 e. The van der Waals surface area contributed by atoms with Crippen LogP contribution in [0.1, 0.15) is 0 Å². The first-order valence-electron chi connectivity index (χ1n) is 5.08. The summed E-state index contributed by atoms with van der Waals surface area (Å²) in [6, 6.07) is 7.18. The standard InChI is InChI=1S/C12H9N5O/c13-7-16-11-3-1-9(2-4-11)10-5-15-12(18)17(6-10)8-14/h1-7H,(H2,13,16). The Morgan fingerprint density at radius 2 is 2.06 bits per heavy atom. The lowest BCUT2D eigenvalue weighted by atomic mass is 10.1. The second-order valence-electron chi connectivity index (χ2n) is 3.42. The molecule has 0 aliphatic rings. The van der Waals surface area contributed by atoms with Crippen molar-refractivity contribution in [3.05, 3.63) is 47.1 Å². The summed E-state index contributed by atoms with van der Waals surface area (Å²) in [4.78, 5) is 18.7. The molecule has 0 spiro atoms. The highest BCUT2D eigenvalue weighted by Gasteiger charge is 2.02. The number of hydrogen-bond donors (Lipinski definition) is 1. The maximum atomic E-state index is 11.2. The van der Waals surface area contributed by atoms with Crippen molar-refractivity contribution in [2.45, 2.75) is 0 Å². The van der Waals surface area contributed by atoms with Crippen LogP contribution in [0.2, 0.25) is 0 Å². The zero-order valence-corrected chi connectivity index (χ0v) is 9.32. The highest BCUT2D eigenvalue weighted by Crippen LogP contribution is 2.20. The number of rotatable bonds is 2. The quantitative estimate of drug-likeness (QED) is 0.620. The van der Waals surface area contributed by atoms with E-state index in [1.165, 1.54) is 18.7 Å². The number of nitrogens with zero attached hydrogens (tertiary/aromatic N) is 4. The van der Waals surface area contributed by atoms with Crippen LogP contribution in [0.3, 0.4) is 0 Å². The Kier molecular flexibility index (Phi) is 3.16. The van der Waals surface area contributed by atoms with Crippen LogP contribution in [0, 0.1) is 11.5 Å². The zero-order chi connectivity index (χ0) is 13.0. The second kappa shape index (κ2) is 4.93. The largest absolute Gasteiger partial charge is 0.390 e. The Balaban J connectivity index is 2.43. The monoisotopic (exact) mass is 239 g/mol. The van der Waals surface area contributed by atoms with Crippen LogP contribution < -0.4 is 11.4 Å². The molecule has 0 atom stereocenters. The third-order valence-corrected chi connectivity index (χ3v) is 2.32. The lowest BCUT2D eigenvalue weighted by Gasteiger charge is -2.02. The van der Waals surface area contributed by atoms with Crippen LogP contribution in [0.5, 0.6) is 0 Å². The first-order valence-corrected chi connectivity index (χ1v) is 5.08. The van der Waals surface area contributed by atoms with Gasteiger partial charge in [0.1, 0.15) is 0 Å². The third-order valence-electron chi connectivity index (χ3n) is 2.32. The summed E-state index contributed by atoms with van der Waals surface area (Å²) in [6.45, 7) is 0. The van der Waals surface area contributed by atoms with Gasteiger partial charge in [0.2, 0.25) is 0 Å². The van der Waals surface area contributed by atoms with Gasteiger partial charge in [-0.3, -0.25) is 0 Å². The molecule has 0 amide bonds. The molecule has 18 heavy (non-hydrogen) atoms. The van der Waals surface area contributed by atoms with E-state index in [-0.39, 0.29) is 0 Å². The van der Waals surface area contributed by atoms with E-state index in [4.69, 9.17) is 11.0 Å². The van der Waals surface area contributed by atoms with E-state index in [0.29, 0.717) is 5.56 Å². The molecule has 6 nitrogen and oxygen atoms in total. The Morgan fingerprint density at radius 3 is 2.67 bits per heavy atom. The summed E-state index contributed by atoms with van der Waals surface area (Å²) in [5, 5.41) is 8.74. The van der Waals surface area contributed by atoms with E-state index in [2.05, 4.69) is 9.98 Å². The molecule has 0 aliphatic heterocycles. The molecule has 0 saturated carbocycles. The molecule has 0 aliphatic carbocycles. The lowest BCUT2D eigenvalue weighted by Crippen LogP contribution is -2.18. The number of aliphatic imine (C=N–C) groups is 1. The number of hydrogen-bond acceptors (Lipinski definition) is 4. The number of nitrogens with two attached hydrogens (primary N) is 1. The first kappa shape index (κ1) is 11.5. The average Bonchev–Trinajstić information content (AvgIpc) is 2.41. The Bertz CT molecular complexity index is 679. The van der Waals surface area contributed by atoms with Crippen molar-refractivity contribution in [2.24, 2.45) is 10.7 Å². The van der Waals surface area contributed by atoms with Crippen LogP contribution in [0.25, 0.3) is 11.1 Å². The van der Waals surface area contributed by atoms with Crippen LogP contribution in [-0.2, 0) is 0 Å². The molecule has 0 radical (unpaired) electrons. The predicted octanol–water partition coefficient (Wildman–Crippen LogP) is 0.858. The Labute approximate surface area is 103 Å². The van der Waals surface area contributed by atoms with E-state index < -0.39 is 5.69 Å². The smallest absolute Gasteiger partial charge is 0.360 e. The number of nitriles is 1. The average molecular weight is 239 g/mol.